The molecule has 78 valence electrons. The van der Waals surface area contributed by atoms with Gasteiger partial charge in [-0.2, -0.15) is 0 Å². The molecule has 0 spiro atoms. The first-order valence-electron chi connectivity index (χ1n) is 4.79. The first-order chi connectivity index (χ1) is 7.20. The molecule has 2 aromatic rings. The second kappa shape index (κ2) is 3.68. The molecule has 2 aromatic heterocycles. The van der Waals surface area contributed by atoms with Crippen molar-refractivity contribution in [2.75, 3.05) is 0 Å². The summed E-state index contributed by atoms with van der Waals surface area (Å²) in [6.07, 6.45) is 3.42. The molecule has 0 fully saturated rings. The van der Waals surface area contributed by atoms with Gasteiger partial charge in [-0.25, -0.2) is 9.97 Å². The third-order valence-electron chi connectivity index (χ3n) is 2.17. The Kier molecular flexibility index (Phi) is 2.37. The molecule has 0 aliphatic heterocycles. The van der Waals surface area contributed by atoms with Crippen LogP contribution in [-0.4, -0.2) is 19.5 Å². The number of aromatic nitrogens is 4. The molecular weight excluding hydrogens is 192 g/mol. The summed E-state index contributed by atoms with van der Waals surface area (Å²) < 4.78 is 1.93. The van der Waals surface area contributed by atoms with Crippen molar-refractivity contribution in [1.82, 2.24) is 19.5 Å². The second-order valence-corrected chi connectivity index (χ2v) is 3.30. The molecule has 0 radical (unpaired) electrons. The average Bonchev–Trinajstić information content (AvgIpc) is 2.63. The Hall–Kier alpha value is -1.91. The Balaban J connectivity index is 2.58. The fraction of sp³-hybridized carbons (Fsp3) is 0.300. The summed E-state index contributed by atoms with van der Waals surface area (Å²) in [5.41, 5.74) is 1.40. The fourth-order valence-corrected chi connectivity index (χ4v) is 1.47. The number of imidazole rings is 1. The Labute approximate surface area is 86.8 Å². The number of nitrogens with one attached hydrogen (secondary N) is 1. The SMILES string of the molecule is CCn1cncc1-c1nc(C)cc(=O)[nH]1. The summed E-state index contributed by atoms with van der Waals surface area (Å²) in [4.78, 5) is 22.3. The third-order valence-corrected chi connectivity index (χ3v) is 2.17. The molecule has 0 saturated heterocycles. The van der Waals surface area contributed by atoms with Crippen LogP contribution < -0.4 is 5.56 Å². The minimum atomic E-state index is -0.138. The van der Waals surface area contributed by atoms with Crippen LogP contribution in [0.3, 0.4) is 0 Å². The van der Waals surface area contributed by atoms with Crippen LogP contribution >= 0.6 is 0 Å². The summed E-state index contributed by atoms with van der Waals surface area (Å²) in [7, 11) is 0. The van der Waals surface area contributed by atoms with E-state index in [1.807, 2.05) is 11.5 Å². The van der Waals surface area contributed by atoms with Gasteiger partial charge in [0.2, 0.25) is 0 Å². The molecule has 15 heavy (non-hydrogen) atoms. The highest BCUT2D eigenvalue weighted by Crippen LogP contribution is 2.12. The van der Waals surface area contributed by atoms with E-state index in [2.05, 4.69) is 15.0 Å². The maximum atomic E-state index is 11.3. The third kappa shape index (κ3) is 1.81. The molecule has 0 aliphatic rings. The molecule has 1 N–H and O–H groups in total. The topological polar surface area (TPSA) is 63.6 Å². The van der Waals surface area contributed by atoms with E-state index < -0.39 is 0 Å². The van der Waals surface area contributed by atoms with Gasteiger partial charge in [0.15, 0.2) is 5.82 Å². The Morgan fingerprint density at radius 2 is 2.33 bits per heavy atom. The Bertz CT molecular complexity index is 526. The molecule has 0 aliphatic carbocycles. The fourth-order valence-electron chi connectivity index (χ4n) is 1.47. The minimum Gasteiger partial charge on any atom is -0.328 e. The van der Waals surface area contributed by atoms with Gasteiger partial charge in [-0.15, -0.1) is 0 Å². The highest BCUT2D eigenvalue weighted by molar-refractivity contribution is 5.48. The first-order valence-corrected chi connectivity index (χ1v) is 4.79. The van der Waals surface area contributed by atoms with Crippen molar-refractivity contribution in [3.05, 3.63) is 34.6 Å². The van der Waals surface area contributed by atoms with Crippen LogP contribution in [0.25, 0.3) is 11.5 Å². The summed E-state index contributed by atoms with van der Waals surface area (Å²) in [6, 6.07) is 1.47. The molecule has 0 atom stereocenters. The van der Waals surface area contributed by atoms with Crippen molar-refractivity contribution < 1.29 is 0 Å². The van der Waals surface area contributed by atoms with E-state index in [1.165, 1.54) is 6.07 Å². The van der Waals surface area contributed by atoms with Gasteiger partial charge >= 0.3 is 0 Å². The zero-order valence-electron chi connectivity index (χ0n) is 8.69. The molecule has 0 saturated carbocycles. The Morgan fingerprint density at radius 1 is 1.53 bits per heavy atom. The van der Waals surface area contributed by atoms with E-state index in [4.69, 9.17) is 0 Å². The van der Waals surface area contributed by atoms with Gasteiger partial charge in [0.25, 0.3) is 5.56 Å². The lowest BCUT2D eigenvalue weighted by Gasteiger charge is -2.04. The summed E-state index contributed by atoms with van der Waals surface area (Å²) in [5, 5.41) is 0. The average molecular weight is 204 g/mol. The van der Waals surface area contributed by atoms with Gasteiger partial charge in [0.1, 0.15) is 5.69 Å². The summed E-state index contributed by atoms with van der Waals surface area (Å²) in [6.45, 7) is 4.61. The van der Waals surface area contributed by atoms with E-state index in [-0.39, 0.29) is 5.56 Å². The Morgan fingerprint density at radius 3 is 3.00 bits per heavy atom. The van der Waals surface area contributed by atoms with Crippen molar-refractivity contribution in [3.63, 3.8) is 0 Å². The lowest BCUT2D eigenvalue weighted by molar-refractivity contribution is 0.762. The van der Waals surface area contributed by atoms with E-state index in [0.717, 1.165) is 12.2 Å². The predicted molar refractivity (Wildman–Crippen MR) is 56.5 cm³/mol. The van der Waals surface area contributed by atoms with Crippen LogP contribution in [0.15, 0.2) is 23.4 Å². The van der Waals surface area contributed by atoms with Crippen LogP contribution in [0, 0.1) is 6.92 Å². The predicted octanol–water partition coefficient (Wildman–Crippen LogP) is 0.962. The van der Waals surface area contributed by atoms with Gasteiger partial charge in [-0.3, -0.25) is 4.79 Å². The van der Waals surface area contributed by atoms with Crippen LogP contribution in [0.4, 0.5) is 0 Å². The molecule has 5 nitrogen and oxygen atoms in total. The molecule has 2 rings (SSSR count). The standard InChI is InChI=1S/C10H12N4O/c1-3-14-6-11-5-8(14)10-12-7(2)4-9(15)13-10/h4-6H,3H2,1-2H3,(H,12,13,15). The van der Waals surface area contributed by atoms with Crippen LogP contribution in [-0.2, 0) is 6.54 Å². The molecule has 0 bridgehead atoms. The number of aromatic amines is 1. The number of aryl methyl sites for hydroxylation is 2. The van der Waals surface area contributed by atoms with Crippen molar-refractivity contribution >= 4 is 0 Å². The lowest BCUT2D eigenvalue weighted by Crippen LogP contribution is -2.10. The van der Waals surface area contributed by atoms with E-state index in [1.54, 1.807) is 19.4 Å². The van der Waals surface area contributed by atoms with Crippen molar-refractivity contribution in [1.29, 1.82) is 0 Å². The van der Waals surface area contributed by atoms with Crippen molar-refractivity contribution in [2.24, 2.45) is 0 Å². The lowest BCUT2D eigenvalue weighted by atomic mass is 10.4. The quantitative estimate of drug-likeness (QED) is 0.792. The van der Waals surface area contributed by atoms with Crippen molar-refractivity contribution in [2.45, 2.75) is 20.4 Å². The zero-order valence-corrected chi connectivity index (χ0v) is 8.69. The van der Waals surface area contributed by atoms with Gasteiger partial charge in [-0.05, 0) is 13.8 Å². The highest BCUT2D eigenvalue weighted by Gasteiger charge is 2.06. The normalized spacial score (nSPS) is 10.5. The van der Waals surface area contributed by atoms with E-state index in [0.29, 0.717) is 11.5 Å². The van der Waals surface area contributed by atoms with Gasteiger partial charge in [0, 0.05) is 18.3 Å². The van der Waals surface area contributed by atoms with E-state index >= 15 is 0 Å². The van der Waals surface area contributed by atoms with Gasteiger partial charge in [0.05, 0.1) is 12.5 Å². The number of hydrogen-bond donors (Lipinski definition) is 1. The van der Waals surface area contributed by atoms with Crippen LogP contribution in [0.1, 0.15) is 12.6 Å². The molecule has 0 unspecified atom stereocenters. The van der Waals surface area contributed by atoms with Crippen LogP contribution in [0.2, 0.25) is 0 Å². The number of hydrogen-bond acceptors (Lipinski definition) is 3. The zero-order chi connectivity index (χ0) is 10.8. The van der Waals surface area contributed by atoms with E-state index in [9.17, 15) is 4.79 Å². The largest absolute Gasteiger partial charge is 0.328 e. The maximum Gasteiger partial charge on any atom is 0.251 e. The number of rotatable bonds is 2. The van der Waals surface area contributed by atoms with Gasteiger partial charge in [-0.1, -0.05) is 0 Å². The first kappa shape index (κ1) is 9.64. The summed E-state index contributed by atoms with van der Waals surface area (Å²) >= 11 is 0. The molecule has 0 aromatic carbocycles. The maximum absolute atomic E-state index is 11.3. The molecule has 5 heteroatoms. The highest BCUT2D eigenvalue weighted by atomic mass is 16.1. The van der Waals surface area contributed by atoms with Gasteiger partial charge < -0.3 is 9.55 Å². The molecule has 0 amide bonds. The smallest absolute Gasteiger partial charge is 0.251 e. The van der Waals surface area contributed by atoms with Crippen molar-refractivity contribution in [3.8, 4) is 11.5 Å². The second-order valence-electron chi connectivity index (χ2n) is 3.30. The molecule has 2 heterocycles. The molecular formula is C10H12N4O. The number of nitrogens with zero attached hydrogens (tertiary/aromatic N) is 3. The van der Waals surface area contributed by atoms with Crippen LogP contribution in [0.5, 0.6) is 0 Å². The summed E-state index contributed by atoms with van der Waals surface area (Å²) in [5.74, 6) is 0.569. The monoisotopic (exact) mass is 204 g/mol. The minimum absolute atomic E-state index is 0.138. The number of H-pyrrole nitrogens is 1.